The van der Waals surface area contributed by atoms with E-state index in [4.69, 9.17) is 4.74 Å². The number of halogens is 3. The maximum Gasteiger partial charge on any atom is 0.416 e. The lowest BCUT2D eigenvalue weighted by Gasteiger charge is -2.30. The number of carbonyl (C=O) groups is 3. The van der Waals surface area contributed by atoms with E-state index in [9.17, 15) is 27.6 Å². The second kappa shape index (κ2) is 8.86. The van der Waals surface area contributed by atoms with E-state index in [1.807, 2.05) is 0 Å². The minimum absolute atomic E-state index is 0.0380. The lowest BCUT2D eigenvalue weighted by Crippen LogP contribution is -2.51. The number of hydrogen-bond donors (Lipinski definition) is 2. The second-order valence-corrected chi connectivity index (χ2v) is 7.73. The number of aryl methyl sites for hydroxylation is 1. The second-order valence-electron chi connectivity index (χ2n) is 6.68. The number of ether oxygens (including phenoxy) is 1. The van der Waals surface area contributed by atoms with Crippen LogP contribution in [0.5, 0.6) is 0 Å². The normalized spacial score (nSPS) is 13.3. The van der Waals surface area contributed by atoms with Gasteiger partial charge in [0.05, 0.1) is 17.2 Å². The molecular weight excluding hydrogens is 421 g/mol. The molecule has 6 nitrogen and oxygen atoms in total. The quantitative estimate of drug-likeness (QED) is 0.656. The summed E-state index contributed by atoms with van der Waals surface area (Å²) in [5.74, 6) is -1.89. The molecule has 2 N–H and O–H groups in total. The van der Waals surface area contributed by atoms with Gasteiger partial charge in [-0.15, -0.1) is 11.3 Å². The maximum absolute atomic E-state index is 13.1. The van der Waals surface area contributed by atoms with E-state index in [0.29, 0.717) is 15.4 Å². The predicted octanol–water partition coefficient (Wildman–Crippen LogP) is 4.24. The summed E-state index contributed by atoms with van der Waals surface area (Å²) in [5, 5.41) is 5.30. The fraction of sp³-hybridized carbons (Fsp3) is 0.350. The molecule has 0 aliphatic carbocycles. The van der Waals surface area contributed by atoms with Crippen LogP contribution in [0.25, 0.3) is 0 Å². The van der Waals surface area contributed by atoms with Gasteiger partial charge >= 0.3 is 12.1 Å². The Bertz CT molecular complexity index is 971. The van der Waals surface area contributed by atoms with Crippen molar-refractivity contribution in [3.05, 3.63) is 51.9 Å². The lowest BCUT2D eigenvalue weighted by atomic mass is 9.89. The first-order chi connectivity index (χ1) is 13.9. The molecule has 1 heterocycles. The highest BCUT2D eigenvalue weighted by atomic mass is 32.1. The first-order valence-electron chi connectivity index (χ1n) is 8.94. The van der Waals surface area contributed by atoms with Crippen molar-refractivity contribution in [1.82, 2.24) is 5.32 Å². The number of benzene rings is 1. The molecule has 30 heavy (non-hydrogen) atoms. The van der Waals surface area contributed by atoms with Crippen molar-refractivity contribution in [2.24, 2.45) is 0 Å². The standard InChI is InChI=1S/C20H21F3N2O4S/c1-5-29-17(27)16-11(2)9-15(30-16)24-18(28)19(4,25-12(3)26)13-7-6-8-14(10-13)20(21,22)23/h6-10H,5H2,1-4H3,(H,24,28)(H,25,26)/t19-/m1/s1. The smallest absolute Gasteiger partial charge is 0.416 e. The number of alkyl halides is 3. The molecule has 0 aliphatic heterocycles. The number of esters is 1. The first kappa shape index (κ1) is 23.4. The molecular formula is C20H21F3N2O4S. The molecule has 0 bridgehead atoms. The van der Waals surface area contributed by atoms with Crippen molar-refractivity contribution in [3.8, 4) is 0 Å². The van der Waals surface area contributed by atoms with E-state index >= 15 is 0 Å². The zero-order valence-electron chi connectivity index (χ0n) is 16.8. The topological polar surface area (TPSA) is 84.5 Å². The number of thiophene rings is 1. The third-order valence-corrected chi connectivity index (χ3v) is 5.40. The number of rotatable bonds is 6. The molecule has 1 atom stereocenters. The first-order valence-corrected chi connectivity index (χ1v) is 9.75. The molecule has 0 spiro atoms. The van der Waals surface area contributed by atoms with Crippen molar-refractivity contribution in [2.45, 2.75) is 39.4 Å². The summed E-state index contributed by atoms with van der Waals surface area (Å²) >= 11 is 0.974. The summed E-state index contributed by atoms with van der Waals surface area (Å²) in [4.78, 5) is 37.0. The Morgan fingerprint density at radius 2 is 1.77 bits per heavy atom. The van der Waals surface area contributed by atoms with Crippen molar-refractivity contribution in [2.75, 3.05) is 11.9 Å². The number of nitrogens with one attached hydrogen (secondary N) is 2. The van der Waals surface area contributed by atoms with Gasteiger partial charge in [-0.2, -0.15) is 13.2 Å². The van der Waals surface area contributed by atoms with Gasteiger partial charge in [-0.1, -0.05) is 12.1 Å². The Kier molecular flexibility index (Phi) is 6.91. The van der Waals surface area contributed by atoms with Crippen LogP contribution in [0.15, 0.2) is 30.3 Å². The van der Waals surface area contributed by atoms with Gasteiger partial charge in [0.1, 0.15) is 10.4 Å². The summed E-state index contributed by atoms with van der Waals surface area (Å²) in [5.41, 5.74) is -2.19. The minimum Gasteiger partial charge on any atom is -0.462 e. The molecule has 2 rings (SSSR count). The molecule has 0 radical (unpaired) electrons. The molecule has 0 unspecified atom stereocenters. The zero-order valence-corrected chi connectivity index (χ0v) is 17.6. The molecule has 0 fully saturated rings. The summed E-state index contributed by atoms with van der Waals surface area (Å²) in [6.07, 6.45) is -4.61. The average Bonchev–Trinajstić information content (AvgIpc) is 3.01. The third kappa shape index (κ3) is 5.18. The highest BCUT2D eigenvalue weighted by Crippen LogP contribution is 2.34. The molecule has 2 amide bonds. The van der Waals surface area contributed by atoms with Crippen LogP contribution in [-0.4, -0.2) is 24.4 Å². The van der Waals surface area contributed by atoms with Crippen LogP contribution in [0.3, 0.4) is 0 Å². The molecule has 10 heteroatoms. The SMILES string of the molecule is CCOC(=O)c1sc(NC(=O)[C@](C)(NC(C)=O)c2cccc(C(F)(F)F)c2)cc1C. The van der Waals surface area contributed by atoms with Gasteiger partial charge in [0, 0.05) is 6.92 Å². The number of amides is 2. The fourth-order valence-electron chi connectivity index (χ4n) is 2.80. The van der Waals surface area contributed by atoms with Crippen LogP contribution < -0.4 is 10.6 Å². The lowest BCUT2D eigenvalue weighted by molar-refractivity contribution is -0.137. The average molecular weight is 442 g/mol. The van der Waals surface area contributed by atoms with Gasteiger partial charge in [-0.25, -0.2) is 4.79 Å². The summed E-state index contributed by atoms with van der Waals surface area (Å²) in [6.45, 7) is 5.99. The molecule has 1 aromatic carbocycles. The third-order valence-electron chi connectivity index (χ3n) is 4.26. The number of hydrogen-bond acceptors (Lipinski definition) is 5. The summed E-state index contributed by atoms with van der Waals surface area (Å²) in [6, 6.07) is 5.74. The van der Waals surface area contributed by atoms with Crippen LogP contribution >= 0.6 is 11.3 Å². The maximum atomic E-state index is 13.1. The molecule has 0 aliphatic rings. The summed E-state index contributed by atoms with van der Waals surface area (Å²) < 4.78 is 44.3. The van der Waals surface area contributed by atoms with Crippen molar-refractivity contribution < 1.29 is 32.3 Å². The van der Waals surface area contributed by atoms with E-state index in [0.717, 1.165) is 30.4 Å². The van der Waals surface area contributed by atoms with Gasteiger partial charge < -0.3 is 15.4 Å². The highest BCUT2D eigenvalue weighted by Gasteiger charge is 2.39. The fourth-order valence-corrected chi connectivity index (χ4v) is 3.76. The van der Waals surface area contributed by atoms with Crippen LogP contribution in [0.2, 0.25) is 0 Å². The van der Waals surface area contributed by atoms with Gasteiger partial charge in [-0.05, 0) is 50.1 Å². The Morgan fingerprint density at radius 3 is 2.33 bits per heavy atom. The molecule has 0 saturated heterocycles. The number of anilines is 1. The largest absolute Gasteiger partial charge is 0.462 e. The van der Waals surface area contributed by atoms with Crippen LogP contribution in [0, 0.1) is 6.92 Å². The minimum atomic E-state index is -4.61. The molecule has 2 aromatic rings. The Labute approximate surface area is 175 Å². The van der Waals surface area contributed by atoms with E-state index in [1.54, 1.807) is 19.9 Å². The number of carbonyl (C=O) groups excluding carboxylic acids is 3. The monoisotopic (exact) mass is 442 g/mol. The van der Waals surface area contributed by atoms with Gasteiger partial charge in [0.15, 0.2) is 0 Å². The van der Waals surface area contributed by atoms with Crippen molar-refractivity contribution >= 4 is 34.1 Å². The van der Waals surface area contributed by atoms with Gasteiger partial charge in [0.25, 0.3) is 5.91 Å². The highest BCUT2D eigenvalue weighted by molar-refractivity contribution is 7.18. The van der Waals surface area contributed by atoms with Crippen molar-refractivity contribution in [1.29, 1.82) is 0 Å². The Hall–Kier alpha value is -2.88. The van der Waals surface area contributed by atoms with E-state index in [2.05, 4.69) is 10.6 Å². The Balaban J connectivity index is 2.40. The molecule has 1 aromatic heterocycles. The van der Waals surface area contributed by atoms with Gasteiger partial charge in [0.2, 0.25) is 5.91 Å². The van der Waals surface area contributed by atoms with Crippen LogP contribution in [-0.2, 0) is 26.0 Å². The zero-order chi connectivity index (χ0) is 22.7. The Morgan fingerprint density at radius 1 is 1.13 bits per heavy atom. The van der Waals surface area contributed by atoms with E-state index in [1.165, 1.54) is 19.1 Å². The van der Waals surface area contributed by atoms with Gasteiger partial charge in [-0.3, -0.25) is 9.59 Å². The molecule has 162 valence electrons. The van der Waals surface area contributed by atoms with Crippen molar-refractivity contribution in [3.63, 3.8) is 0 Å². The van der Waals surface area contributed by atoms with Crippen LogP contribution in [0.4, 0.5) is 18.2 Å². The van der Waals surface area contributed by atoms with E-state index in [-0.39, 0.29) is 12.2 Å². The summed E-state index contributed by atoms with van der Waals surface area (Å²) in [7, 11) is 0. The van der Waals surface area contributed by atoms with E-state index < -0.39 is 35.1 Å². The molecule has 0 saturated carbocycles. The van der Waals surface area contributed by atoms with Crippen LogP contribution in [0.1, 0.15) is 47.1 Å². The predicted molar refractivity (Wildman–Crippen MR) is 106 cm³/mol.